The molecule has 3 aromatic carbocycles. The minimum atomic E-state index is -0.460. The first-order chi connectivity index (χ1) is 14.8. The molecular weight excluding hydrogens is 406 g/mol. The SMILES string of the molecule is CC(=O)/C(=C\c1cccc(C)c1)C(=O)N(C(C)=S)c1ccc(Oc2ccccc2)cc1. The van der Waals surface area contributed by atoms with Gasteiger partial charge in [0.2, 0.25) is 0 Å². The van der Waals surface area contributed by atoms with Crippen LogP contribution in [0.2, 0.25) is 0 Å². The zero-order valence-electron chi connectivity index (χ0n) is 17.7. The van der Waals surface area contributed by atoms with E-state index in [9.17, 15) is 9.59 Å². The second-order valence-corrected chi connectivity index (χ2v) is 7.69. The maximum Gasteiger partial charge on any atom is 0.266 e. The van der Waals surface area contributed by atoms with Crippen molar-refractivity contribution in [3.05, 3.63) is 95.6 Å². The molecule has 0 aliphatic heterocycles. The van der Waals surface area contributed by atoms with E-state index < -0.39 is 5.91 Å². The fraction of sp³-hybridized carbons (Fsp3) is 0.115. The third-order valence-corrected chi connectivity index (χ3v) is 4.74. The molecule has 156 valence electrons. The van der Waals surface area contributed by atoms with Crippen LogP contribution in [0.15, 0.2) is 84.4 Å². The number of nitrogens with zero attached hydrogens (tertiary/aromatic N) is 1. The lowest BCUT2D eigenvalue weighted by Crippen LogP contribution is -2.36. The number of benzene rings is 3. The Morgan fingerprint density at radius 2 is 1.52 bits per heavy atom. The van der Waals surface area contributed by atoms with Gasteiger partial charge in [-0.1, -0.05) is 60.2 Å². The van der Waals surface area contributed by atoms with Crippen molar-refractivity contribution in [2.24, 2.45) is 0 Å². The van der Waals surface area contributed by atoms with Crippen LogP contribution in [0.25, 0.3) is 6.08 Å². The predicted octanol–water partition coefficient (Wildman–Crippen LogP) is 6.14. The van der Waals surface area contributed by atoms with E-state index in [2.05, 4.69) is 0 Å². The van der Waals surface area contributed by atoms with Crippen LogP contribution in [0, 0.1) is 6.92 Å². The van der Waals surface area contributed by atoms with E-state index in [-0.39, 0.29) is 11.4 Å². The van der Waals surface area contributed by atoms with Gasteiger partial charge in [0.05, 0.1) is 10.6 Å². The van der Waals surface area contributed by atoms with Crippen molar-refractivity contribution >= 4 is 40.7 Å². The van der Waals surface area contributed by atoms with Crippen LogP contribution in [-0.4, -0.2) is 16.7 Å². The first-order valence-electron chi connectivity index (χ1n) is 9.82. The van der Waals surface area contributed by atoms with Crippen molar-refractivity contribution in [2.75, 3.05) is 4.90 Å². The Balaban J connectivity index is 1.90. The Labute approximate surface area is 187 Å². The van der Waals surface area contributed by atoms with Gasteiger partial charge in [-0.2, -0.15) is 0 Å². The number of hydrogen-bond donors (Lipinski definition) is 0. The molecular formula is C26H23NO3S. The number of anilines is 1. The average Bonchev–Trinajstić information content (AvgIpc) is 2.73. The molecule has 0 N–H and O–H groups in total. The summed E-state index contributed by atoms with van der Waals surface area (Å²) in [6.45, 7) is 5.00. The van der Waals surface area contributed by atoms with Crippen molar-refractivity contribution in [3.8, 4) is 11.5 Å². The number of para-hydroxylation sites is 1. The van der Waals surface area contributed by atoms with Gasteiger partial charge in [0.25, 0.3) is 5.91 Å². The van der Waals surface area contributed by atoms with Gasteiger partial charge in [-0.25, -0.2) is 0 Å². The summed E-state index contributed by atoms with van der Waals surface area (Å²) in [6.07, 6.45) is 1.61. The van der Waals surface area contributed by atoms with Crippen LogP contribution in [-0.2, 0) is 9.59 Å². The van der Waals surface area contributed by atoms with Gasteiger partial charge in [-0.3, -0.25) is 14.5 Å². The highest BCUT2D eigenvalue weighted by Crippen LogP contribution is 2.26. The van der Waals surface area contributed by atoms with Gasteiger partial charge in [0.15, 0.2) is 5.78 Å². The number of ketones is 1. The standard InChI is InChI=1S/C26H23NO3S/c1-18-8-7-9-21(16-18)17-25(19(2)28)26(29)27(20(3)31)22-12-14-24(15-13-22)30-23-10-5-4-6-11-23/h4-17H,1-3H3/b25-17+. The largest absolute Gasteiger partial charge is 0.457 e. The second kappa shape index (κ2) is 9.96. The van der Waals surface area contributed by atoms with Gasteiger partial charge in [0, 0.05) is 5.69 Å². The van der Waals surface area contributed by atoms with E-state index in [1.807, 2.05) is 61.5 Å². The third-order valence-electron chi connectivity index (χ3n) is 4.55. The molecule has 1 amide bonds. The van der Waals surface area contributed by atoms with Crippen LogP contribution in [0.5, 0.6) is 11.5 Å². The van der Waals surface area contributed by atoms with Crippen molar-refractivity contribution in [3.63, 3.8) is 0 Å². The lowest BCUT2D eigenvalue weighted by molar-refractivity contribution is -0.119. The first-order valence-corrected chi connectivity index (χ1v) is 10.2. The molecule has 0 aliphatic carbocycles. The molecule has 0 aliphatic rings. The topological polar surface area (TPSA) is 46.6 Å². The lowest BCUT2D eigenvalue weighted by atomic mass is 10.0. The van der Waals surface area contributed by atoms with Crippen molar-refractivity contribution < 1.29 is 14.3 Å². The van der Waals surface area contributed by atoms with Crippen LogP contribution in [0.4, 0.5) is 5.69 Å². The summed E-state index contributed by atoms with van der Waals surface area (Å²) in [4.78, 5) is 27.3. The zero-order chi connectivity index (χ0) is 22.4. The fourth-order valence-corrected chi connectivity index (χ4v) is 3.28. The number of rotatable bonds is 6. The Morgan fingerprint density at radius 3 is 2.10 bits per heavy atom. The van der Waals surface area contributed by atoms with Crippen LogP contribution >= 0.6 is 12.2 Å². The maximum absolute atomic E-state index is 13.3. The molecule has 4 nitrogen and oxygen atoms in total. The number of carbonyl (C=O) groups is 2. The molecule has 0 saturated carbocycles. The van der Waals surface area contributed by atoms with E-state index in [4.69, 9.17) is 17.0 Å². The molecule has 0 heterocycles. The summed E-state index contributed by atoms with van der Waals surface area (Å²) in [6, 6.07) is 24.1. The number of thiocarbonyl (C=S) groups is 1. The molecule has 0 aromatic heterocycles. The zero-order valence-corrected chi connectivity index (χ0v) is 18.5. The maximum atomic E-state index is 13.3. The molecule has 31 heavy (non-hydrogen) atoms. The minimum Gasteiger partial charge on any atom is -0.457 e. The van der Waals surface area contributed by atoms with Crippen molar-refractivity contribution in [1.29, 1.82) is 0 Å². The van der Waals surface area contributed by atoms with Gasteiger partial charge < -0.3 is 4.74 Å². The Kier molecular flexibility index (Phi) is 7.11. The number of hydrogen-bond acceptors (Lipinski definition) is 4. The Bertz CT molecular complexity index is 1130. The summed E-state index contributed by atoms with van der Waals surface area (Å²) in [5, 5.41) is 0. The molecule has 0 saturated heterocycles. The molecule has 3 aromatic rings. The predicted molar refractivity (Wildman–Crippen MR) is 129 cm³/mol. The quantitative estimate of drug-likeness (QED) is 0.204. The summed E-state index contributed by atoms with van der Waals surface area (Å²) in [5.74, 6) is 0.565. The van der Waals surface area contributed by atoms with E-state index >= 15 is 0 Å². The van der Waals surface area contributed by atoms with Gasteiger partial charge in [-0.15, -0.1) is 0 Å². The van der Waals surface area contributed by atoms with E-state index in [1.165, 1.54) is 11.8 Å². The Morgan fingerprint density at radius 1 is 0.871 bits per heavy atom. The van der Waals surface area contributed by atoms with E-state index in [1.54, 1.807) is 37.3 Å². The Hall–Kier alpha value is -3.57. The number of ether oxygens (including phenoxy) is 1. The third kappa shape index (κ3) is 5.74. The molecule has 0 spiro atoms. The smallest absolute Gasteiger partial charge is 0.266 e. The van der Waals surface area contributed by atoms with Crippen LogP contribution < -0.4 is 9.64 Å². The lowest BCUT2D eigenvalue weighted by Gasteiger charge is -2.22. The van der Waals surface area contributed by atoms with Crippen LogP contribution in [0.3, 0.4) is 0 Å². The van der Waals surface area contributed by atoms with Gasteiger partial charge in [-0.05, 0) is 68.8 Å². The second-order valence-electron chi connectivity index (χ2n) is 7.10. The minimum absolute atomic E-state index is 0.0689. The molecule has 0 radical (unpaired) electrons. The van der Waals surface area contributed by atoms with E-state index in [0.717, 1.165) is 11.1 Å². The molecule has 0 unspecified atom stereocenters. The molecule has 0 bridgehead atoms. The first kappa shape index (κ1) is 22.1. The summed E-state index contributed by atoms with van der Waals surface area (Å²) in [5.41, 5.74) is 2.46. The number of Topliss-reactive ketones (excluding diaryl/α,β-unsaturated/α-hetero) is 1. The average molecular weight is 430 g/mol. The van der Waals surface area contributed by atoms with Gasteiger partial charge >= 0.3 is 0 Å². The highest BCUT2D eigenvalue weighted by Gasteiger charge is 2.24. The summed E-state index contributed by atoms with van der Waals surface area (Å²) < 4.78 is 5.81. The van der Waals surface area contributed by atoms with E-state index in [0.29, 0.717) is 22.2 Å². The van der Waals surface area contributed by atoms with Crippen molar-refractivity contribution in [2.45, 2.75) is 20.8 Å². The van der Waals surface area contributed by atoms with Gasteiger partial charge in [0.1, 0.15) is 11.5 Å². The number of aryl methyl sites for hydroxylation is 1. The highest BCUT2D eigenvalue weighted by atomic mass is 32.1. The monoisotopic (exact) mass is 429 g/mol. The normalized spacial score (nSPS) is 11.0. The fourth-order valence-electron chi connectivity index (χ4n) is 3.09. The summed E-state index contributed by atoms with van der Waals surface area (Å²) >= 11 is 5.34. The molecule has 0 fully saturated rings. The van der Waals surface area contributed by atoms with Crippen molar-refractivity contribution in [1.82, 2.24) is 0 Å². The highest BCUT2D eigenvalue weighted by molar-refractivity contribution is 7.80. The van der Waals surface area contributed by atoms with Crippen LogP contribution in [0.1, 0.15) is 25.0 Å². The summed E-state index contributed by atoms with van der Waals surface area (Å²) in [7, 11) is 0. The number of carbonyl (C=O) groups excluding carboxylic acids is 2. The molecule has 0 atom stereocenters. The molecule has 5 heteroatoms. The molecule has 3 rings (SSSR count). The number of amides is 1.